The lowest BCUT2D eigenvalue weighted by molar-refractivity contribution is 0.168. The summed E-state index contributed by atoms with van der Waals surface area (Å²) in [6.07, 6.45) is 5.62. The summed E-state index contributed by atoms with van der Waals surface area (Å²) in [5.74, 6) is 0. The molecule has 2 unspecified atom stereocenters. The summed E-state index contributed by atoms with van der Waals surface area (Å²) < 4.78 is 0. The van der Waals surface area contributed by atoms with Crippen molar-refractivity contribution in [1.29, 1.82) is 0 Å². The van der Waals surface area contributed by atoms with E-state index in [0.29, 0.717) is 12.1 Å². The molecule has 0 amide bonds. The molecule has 2 atom stereocenters. The van der Waals surface area contributed by atoms with E-state index in [1.165, 1.54) is 29.3 Å². The highest BCUT2D eigenvalue weighted by molar-refractivity contribution is 7.11. The molecule has 0 saturated carbocycles. The largest absolute Gasteiger partial charge is 0.308 e. The fraction of sp³-hybridized carbons (Fsp3) is 0.769. The lowest BCUT2D eigenvalue weighted by Crippen LogP contribution is -2.45. The molecular weight excluding hydrogens is 230 g/mol. The van der Waals surface area contributed by atoms with Crippen molar-refractivity contribution in [3.05, 3.63) is 16.1 Å². The van der Waals surface area contributed by atoms with Gasteiger partial charge >= 0.3 is 0 Å². The van der Waals surface area contributed by atoms with E-state index in [1.807, 2.05) is 17.5 Å². The van der Waals surface area contributed by atoms with Crippen LogP contribution in [-0.4, -0.2) is 35.6 Å². The predicted molar refractivity (Wildman–Crippen MR) is 73.4 cm³/mol. The van der Waals surface area contributed by atoms with Crippen molar-refractivity contribution in [1.82, 2.24) is 15.2 Å². The summed E-state index contributed by atoms with van der Waals surface area (Å²) in [7, 11) is 2.22. The van der Waals surface area contributed by atoms with Gasteiger partial charge in [-0.25, -0.2) is 4.98 Å². The minimum atomic E-state index is 0.662. The van der Waals surface area contributed by atoms with E-state index < -0.39 is 0 Å². The summed E-state index contributed by atoms with van der Waals surface area (Å²) in [5, 5.41) is 4.88. The van der Waals surface area contributed by atoms with Gasteiger partial charge < -0.3 is 10.2 Å². The summed E-state index contributed by atoms with van der Waals surface area (Å²) in [6, 6.07) is 1.36. The minimum Gasteiger partial charge on any atom is -0.308 e. The van der Waals surface area contributed by atoms with Gasteiger partial charge in [-0.05, 0) is 39.8 Å². The Balaban J connectivity index is 1.78. The second-order valence-electron chi connectivity index (χ2n) is 5.01. The Morgan fingerprint density at radius 1 is 1.59 bits per heavy atom. The quantitative estimate of drug-likeness (QED) is 0.892. The zero-order valence-electron chi connectivity index (χ0n) is 11.1. The van der Waals surface area contributed by atoms with E-state index in [9.17, 15) is 0 Å². The first-order valence-electron chi connectivity index (χ1n) is 6.56. The molecule has 0 spiro atoms. The van der Waals surface area contributed by atoms with E-state index >= 15 is 0 Å². The van der Waals surface area contributed by atoms with E-state index in [0.717, 1.165) is 13.0 Å². The van der Waals surface area contributed by atoms with Crippen LogP contribution in [0.25, 0.3) is 0 Å². The van der Waals surface area contributed by atoms with Gasteiger partial charge in [0.15, 0.2) is 0 Å². The predicted octanol–water partition coefficient (Wildman–Crippen LogP) is 2.28. The molecule has 2 heterocycles. The Labute approximate surface area is 108 Å². The molecule has 0 radical (unpaired) electrons. The van der Waals surface area contributed by atoms with Crippen molar-refractivity contribution >= 4 is 11.3 Å². The number of nitrogens with zero attached hydrogens (tertiary/aromatic N) is 2. The third-order valence-corrected chi connectivity index (χ3v) is 4.84. The SMILES string of the molecule is CCc1cnc(CNC2CCN(C)C(C)C2)s1. The summed E-state index contributed by atoms with van der Waals surface area (Å²) in [4.78, 5) is 8.28. The summed E-state index contributed by atoms with van der Waals surface area (Å²) in [5.41, 5.74) is 0. The first-order valence-corrected chi connectivity index (χ1v) is 7.38. The Morgan fingerprint density at radius 3 is 3.06 bits per heavy atom. The van der Waals surface area contributed by atoms with Crippen molar-refractivity contribution in [2.75, 3.05) is 13.6 Å². The minimum absolute atomic E-state index is 0.662. The molecule has 1 aliphatic rings. The second-order valence-corrected chi connectivity index (χ2v) is 6.21. The highest BCUT2D eigenvalue weighted by Crippen LogP contribution is 2.17. The van der Waals surface area contributed by atoms with Crippen LogP contribution in [0.2, 0.25) is 0 Å². The molecule has 0 aromatic carbocycles. The number of hydrogen-bond acceptors (Lipinski definition) is 4. The topological polar surface area (TPSA) is 28.2 Å². The summed E-state index contributed by atoms with van der Waals surface area (Å²) >= 11 is 1.84. The first kappa shape index (κ1) is 13.0. The zero-order valence-corrected chi connectivity index (χ0v) is 11.9. The van der Waals surface area contributed by atoms with Crippen LogP contribution in [0.4, 0.5) is 0 Å². The molecular formula is C13H23N3S. The second kappa shape index (κ2) is 5.94. The van der Waals surface area contributed by atoms with Gasteiger partial charge in [0.1, 0.15) is 5.01 Å². The van der Waals surface area contributed by atoms with E-state index in [1.54, 1.807) is 0 Å². The fourth-order valence-corrected chi connectivity index (χ4v) is 3.11. The van der Waals surface area contributed by atoms with Gasteiger partial charge in [-0.3, -0.25) is 0 Å². The van der Waals surface area contributed by atoms with Crippen molar-refractivity contribution < 1.29 is 0 Å². The van der Waals surface area contributed by atoms with Crippen LogP contribution in [0.15, 0.2) is 6.20 Å². The van der Waals surface area contributed by atoms with Gasteiger partial charge in [-0.2, -0.15) is 0 Å². The zero-order chi connectivity index (χ0) is 12.3. The molecule has 1 aromatic rings. The molecule has 4 heteroatoms. The maximum Gasteiger partial charge on any atom is 0.107 e. The van der Waals surface area contributed by atoms with Crippen LogP contribution in [-0.2, 0) is 13.0 Å². The lowest BCUT2D eigenvalue weighted by Gasteiger charge is -2.35. The number of hydrogen-bond donors (Lipinski definition) is 1. The average Bonchev–Trinajstić information content (AvgIpc) is 2.79. The average molecular weight is 253 g/mol. The highest BCUT2D eigenvalue weighted by Gasteiger charge is 2.22. The molecule has 2 rings (SSSR count). The molecule has 17 heavy (non-hydrogen) atoms. The number of likely N-dealkylation sites (tertiary alicyclic amines) is 1. The highest BCUT2D eigenvalue weighted by atomic mass is 32.1. The van der Waals surface area contributed by atoms with Crippen LogP contribution >= 0.6 is 11.3 Å². The van der Waals surface area contributed by atoms with Gasteiger partial charge in [0, 0.05) is 29.7 Å². The van der Waals surface area contributed by atoms with Gasteiger partial charge in [0.25, 0.3) is 0 Å². The van der Waals surface area contributed by atoms with Gasteiger partial charge in [0.05, 0.1) is 0 Å². The fourth-order valence-electron chi connectivity index (χ4n) is 2.30. The van der Waals surface area contributed by atoms with Gasteiger partial charge in [0.2, 0.25) is 0 Å². The Bertz CT molecular complexity index is 350. The monoisotopic (exact) mass is 253 g/mol. The Morgan fingerprint density at radius 2 is 2.41 bits per heavy atom. The summed E-state index contributed by atoms with van der Waals surface area (Å²) in [6.45, 7) is 6.64. The number of aryl methyl sites for hydroxylation is 1. The maximum atomic E-state index is 4.45. The van der Waals surface area contributed by atoms with Gasteiger partial charge in [-0.15, -0.1) is 11.3 Å². The molecule has 0 aliphatic carbocycles. The van der Waals surface area contributed by atoms with Crippen LogP contribution in [0, 0.1) is 0 Å². The normalized spacial score (nSPS) is 26.3. The molecule has 1 N–H and O–H groups in total. The van der Waals surface area contributed by atoms with Crippen LogP contribution < -0.4 is 5.32 Å². The first-order chi connectivity index (χ1) is 8.19. The molecule has 3 nitrogen and oxygen atoms in total. The number of rotatable bonds is 4. The number of aromatic nitrogens is 1. The molecule has 1 aromatic heterocycles. The maximum absolute atomic E-state index is 4.45. The third kappa shape index (κ3) is 3.50. The lowest BCUT2D eigenvalue weighted by atomic mass is 9.99. The number of nitrogens with one attached hydrogen (secondary N) is 1. The molecule has 1 saturated heterocycles. The van der Waals surface area contributed by atoms with E-state index in [-0.39, 0.29) is 0 Å². The van der Waals surface area contributed by atoms with Crippen LogP contribution in [0.5, 0.6) is 0 Å². The van der Waals surface area contributed by atoms with Crippen LogP contribution in [0.1, 0.15) is 36.6 Å². The van der Waals surface area contributed by atoms with Crippen LogP contribution in [0.3, 0.4) is 0 Å². The Hall–Kier alpha value is -0.450. The number of piperidine rings is 1. The van der Waals surface area contributed by atoms with Crippen molar-refractivity contribution in [2.45, 2.75) is 51.7 Å². The Kier molecular flexibility index (Phi) is 4.54. The van der Waals surface area contributed by atoms with Gasteiger partial charge in [-0.1, -0.05) is 6.92 Å². The van der Waals surface area contributed by atoms with Crippen molar-refractivity contribution in [3.8, 4) is 0 Å². The standard InChI is InChI=1S/C13H23N3S/c1-4-12-8-15-13(17-12)9-14-11-5-6-16(3)10(2)7-11/h8,10-11,14H,4-7,9H2,1-3H3. The smallest absolute Gasteiger partial charge is 0.107 e. The van der Waals surface area contributed by atoms with Crippen molar-refractivity contribution in [3.63, 3.8) is 0 Å². The molecule has 0 bridgehead atoms. The van der Waals surface area contributed by atoms with E-state index in [4.69, 9.17) is 0 Å². The molecule has 96 valence electrons. The number of thiazole rings is 1. The van der Waals surface area contributed by atoms with Crippen molar-refractivity contribution in [2.24, 2.45) is 0 Å². The molecule has 1 aliphatic heterocycles. The molecule has 1 fully saturated rings. The third-order valence-electron chi connectivity index (χ3n) is 3.70. The van der Waals surface area contributed by atoms with E-state index in [2.05, 4.69) is 36.1 Å².